The Morgan fingerprint density at radius 3 is 2.94 bits per heavy atom. The summed E-state index contributed by atoms with van der Waals surface area (Å²) in [6.45, 7) is 3.12. The first-order valence-corrected chi connectivity index (χ1v) is 6.60. The minimum atomic E-state index is 0.719. The van der Waals surface area contributed by atoms with Crippen molar-refractivity contribution in [1.29, 1.82) is 0 Å². The number of hydrogen-bond donors (Lipinski definition) is 1. The van der Waals surface area contributed by atoms with E-state index < -0.39 is 0 Å². The Labute approximate surface area is 103 Å². The van der Waals surface area contributed by atoms with Gasteiger partial charge in [0.15, 0.2) is 5.89 Å². The molecule has 1 aliphatic heterocycles. The summed E-state index contributed by atoms with van der Waals surface area (Å²) in [4.78, 5) is 6.91. The highest BCUT2D eigenvalue weighted by molar-refractivity contribution is 4.98. The number of nitrogens with zero attached hydrogens (tertiary/aromatic N) is 2. The third-order valence-electron chi connectivity index (χ3n) is 3.54. The van der Waals surface area contributed by atoms with Gasteiger partial charge in [0.05, 0.1) is 5.69 Å². The molecule has 1 aromatic rings. The second kappa shape index (κ2) is 6.17. The monoisotopic (exact) mass is 237 g/mol. The Bertz CT molecular complexity index is 329. The van der Waals surface area contributed by atoms with Crippen LogP contribution in [0.5, 0.6) is 0 Å². The molecule has 1 aliphatic rings. The van der Waals surface area contributed by atoms with Gasteiger partial charge in [0.1, 0.15) is 6.26 Å². The Balaban J connectivity index is 1.80. The van der Waals surface area contributed by atoms with E-state index in [1.165, 1.54) is 25.9 Å². The van der Waals surface area contributed by atoms with Crippen molar-refractivity contribution in [2.24, 2.45) is 11.7 Å². The van der Waals surface area contributed by atoms with E-state index in [-0.39, 0.29) is 0 Å². The van der Waals surface area contributed by atoms with E-state index in [9.17, 15) is 0 Å². The molecular weight excluding hydrogens is 214 g/mol. The van der Waals surface area contributed by atoms with Gasteiger partial charge in [-0.1, -0.05) is 0 Å². The lowest BCUT2D eigenvalue weighted by molar-refractivity contribution is 0.212. The summed E-state index contributed by atoms with van der Waals surface area (Å²) < 4.78 is 5.53. The van der Waals surface area contributed by atoms with Gasteiger partial charge in [-0.3, -0.25) is 0 Å². The van der Waals surface area contributed by atoms with Crippen LogP contribution in [-0.4, -0.2) is 36.6 Å². The Hall–Kier alpha value is -0.870. The largest absolute Gasteiger partial charge is 0.449 e. The van der Waals surface area contributed by atoms with Crippen LogP contribution in [0.3, 0.4) is 0 Å². The summed E-state index contributed by atoms with van der Waals surface area (Å²) in [6.07, 6.45) is 7.23. The average Bonchev–Trinajstić information content (AvgIpc) is 2.77. The van der Waals surface area contributed by atoms with E-state index >= 15 is 0 Å². The van der Waals surface area contributed by atoms with E-state index in [2.05, 4.69) is 16.9 Å². The molecule has 0 unspecified atom stereocenters. The molecule has 0 amide bonds. The first-order valence-electron chi connectivity index (χ1n) is 6.60. The highest BCUT2D eigenvalue weighted by Gasteiger charge is 2.19. The Kier molecular flexibility index (Phi) is 4.57. The molecule has 4 nitrogen and oxygen atoms in total. The van der Waals surface area contributed by atoms with E-state index in [0.29, 0.717) is 0 Å². The molecule has 2 N–H and O–H groups in total. The number of rotatable bonds is 5. The van der Waals surface area contributed by atoms with Crippen molar-refractivity contribution in [1.82, 2.24) is 9.88 Å². The van der Waals surface area contributed by atoms with Gasteiger partial charge >= 0.3 is 0 Å². The molecular formula is C13H23N3O. The van der Waals surface area contributed by atoms with Crippen LogP contribution in [0.4, 0.5) is 0 Å². The summed E-state index contributed by atoms with van der Waals surface area (Å²) >= 11 is 0. The molecule has 4 heteroatoms. The van der Waals surface area contributed by atoms with Crippen molar-refractivity contribution in [3.8, 4) is 0 Å². The molecule has 0 bridgehead atoms. The average molecular weight is 237 g/mol. The van der Waals surface area contributed by atoms with Gasteiger partial charge in [0.25, 0.3) is 0 Å². The van der Waals surface area contributed by atoms with Crippen molar-refractivity contribution >= 4 is 0 Å². The van der Waals surface area contributed by atoms with Crippen LogP contribution in [0.15, 0.2) is 10.7 Å². The highest BCUT2D eigenvalue weighted by atomic mass is 16.3. The number of oxazole rings is 1. The van der Waals surface area contributed by atoms with Crippen LogP contribution in [-0.2, 0) is 12.8 Å². The van der Waals surface area contributed by atoms with Gasteiger partial charge in [-0.15, -0.1) is 0 Å². The molecule has 1 fully saturated rings. The third kappa shape index (κ3) is 3.82. The standard InChI is InChI=1S/C13H23N3O/c1-16-7-4-11(5-8-16)9-13-15-12(10-17-13)3-2-6-14/h10-11H,2-9,14H2,1H3. The van der Waals surface area contributed by atoms with Crippen LogP contribution in [0.2, 0.25) is 0 Å². The second-order valence-corrected chi connectivity index (χ2v) is 5.08. The normalized spacial score (nSPS) is 18.7. The molecule has 0 aliphatic carbocycles. The maximum absolute atomic E-state index is 5.53. The van der Waals surface area contributed by atoms with Crippen molar-refractivity contribution in [2.75, 3.05) is 26.7 Å². The zero-order valence-corrected chi connectivity index (χ0v) is 10.7. The zero-order valence-electron chi connectivity index (χ0n) is 10.7. The maximum Gasteiger partial charge on any atom is 0.194 e. The minimum absolute atomic E-state index is 0.719. The number of aryl methyl sites for hydroxylation is 1. The summed E-state index contributed by atoms with van der Waals surface area (Å²) in [5.41, 5.74) is 6.54. The lowest BCUT2D eigenvalue weighted by Crippen LogP contribution is -2.30. The summed E-state index contributed by atoms with van der Waals surface area (Å²) in [7, 11) is 2.19. The third-order valence-corrected chi connectivity index (χ3v) is 3.54. The summed E-state index contributed by atoms with van der Waals surface area (Å²) in [5, 5.41) is 0. The van der Waals surface area contributed by atoms with Crippen molar-refractivity contribution < 1.29 is 4.42 Å². The number of aromatic nitrogens is 1. The minimum Gasteiger partial charge on any atom is -0.449 e. The molecule has 0 aromatic carbocycles. The highest BCUT2D eigenvalue weighted by Crippen LogP contribution is 2.20. The van der Waals surface area contributed by atoms with E-state index in [4.69, 9.17) is 10.2 Å². The van der Waals surface area contributed by atoms with Crippen LogP contribution in [0, 0.1) is 5.92 Å². The van der Waals surface area contributed by atoms with Crippen LogP contribution in [0.1, 0.15) is 30.8 Å². The summed E-state index contributed by atoms with van der Waals surface area (Å²) in [6, 6.07) is 0. The predicted octanol–water partition coefficient (Wildman–Crippen LogP) is 1.45. The fraction of sp³-hybridized carbons (Fsp3) is 0.769. The quantitative estimate of drug-likeness (QED) is 0.842. The van der Waals surface area contributed by atoms with Crippen LogP contribution >= 0.6 is 0 Å². The van der Waals surface area contributed by atoms with Gasteiger partial charge in [0, 0.05) is 6.42 Å². The van der Waals surface area contributed by atoms with Gasteiger partial charge < -0.3 is 15.1 Å². The SMILES string of the molecule is CN1CCC(Cc2nc(CCCN)co2)CC1. The van der Waals surface area contributed by atoms with Gasteiger partial charge in [-0.05, 0) is 58.3 Å². The fourth-order valence-electron chi connectivity index (χ4n) is 2.35. The van der Waals surface area contributed by atoms with E-state index in [1.54, 1.807) is 6.26 Å². The molecule has 2 heterocycles. The first-order chi connectivity index (χ1) is 8.28. The molecule has 0 saturated carbocycles. The number of piperidine rings is 1. The molecule has 0 spiro atoms. The maximum atomic E-state index is 5.53. The molecule has 0 atom stereocenters. The molecule has 0 radical (unpaired) electrons. The molecule has 2 rings (SSSR count). The topological polar surface area (TPSA) is 55.3 Å². The number of hydrogen-bond acceptors (Lipinski definition) is 4. The van der Waals surface area contributed by atoms with Crippen LogP contribution in [0.25, 0.3) is 0 Å². The molecule has 96 valence electrons. The first kappa shape index (κ1) is 12.6. The van der Waals surface area contributed by atoms with E-state index in [0.717, 1.165) is 43.3 Å². The van der Waals surface area contributed by atoms with Crippen LogP contribution < -0.4 is 5.73 Å². The Morgan fingerprint density at radius 2 is 2.24 bits per heavy atom. The molecule has 17 heavy (non-hydrogen) atoms. The van der Waals surface area contributed by atoms with E-state index in [1.807, 2.05) is 0 Å². The lowest BCUT2D eigenvalue weighted by Gasteiger charge is -2.28. The van der Waals surface area contributed by atoms with Crippen molar-refractivity contribution in [3.63, 3.8) is 0 Å². The lowest BCUT2D eigenvalue weighted by atomic mass is 9.94. The number of likely N-dealkylation sites (tertiary alicyclic amines) is 1. The predicted molar refractivity (Wildman–Crippen MR) is 67.8 cm³/mol. The zero-order chi connectivity index (χ0) is 12.1. The fourth-order valence-corrected chi connectivity index (χ4v) is 2.35. The summed E-state index contributed by atoms with van der Waals surface area (Å²) in [5.74, 6) is 1.65. The van der Waals surface area contributed by atoms with Gasteiger partial charge in [-0.25, -0.2) is 4.98 Å². The van der Waals surface area contributed by atoms with Gasteiger partial charge in [0.2, 0.25) is 0 Å². The number of nitrogens with two attached hydrogens (primary N) is 1. The van der Waals surface area contributed by atoms with Crippen molar-refractivity contribution in [3.05, 3.63) is 17.8 Å². The van der Waals surface area contributed by atoms with Gasteiger partial charge in [-0.2, -0.15) is 0 Å². The smallest absolute Gasteiger partial charge is 0.194 e. The molecule has 1 aromatic heterocycles. The molecule has 1 saturated heterocycles. The Morgan fingerprint density at radius 1 is 1.47 bits per heavy atom. The van der Waals surface area contributed by atoms with Crippen molar-refractivity contribution in [2.45, 2.75) is 32.1 Å². The second-order valence-electron chi connectivity index (χ2n) is 5.08.